The molecule has 16 heavy (non-hydrogen) atoms. The van der Waals surface area contributed by atoms with Gasteiger partial charge in [0.15, 0.2) is 0 Å². The third-order valence-electron chi connectivity index (χ3n) is 3.68. The van der Waals surface area contributed by atoms with Crippen LogP contribution in [0, 0.1) is 0 Å². The topological polar surface area (TPSA) is 41.5 Å². The molecule has 1 fully saturated rings. The molecule has 3 nitrogen and oxygen atoms in total. The molecular formula is C13H17NO2. The predicted molar refractivity (Wildman–Crippen MR) is 61.7 cm³/mol. The van der Waals surface area contributed by atoms with Crippen molar-refractivity contribution < 1.29 is 9.84 Å². The Bertz CT molecular complexity index is 387. The second kappa shape index (κ2) is 3.75. The maximum Gasteiger partial charge on any atom is 0.122 e. The fraction of sp³-hybridized carbons (Fsp3) is 0.538. The van der Waals surface area contributed by atoms with Crippen molar-refractivity contribution in [3.8, 4) is 5.75 Å². The van der Waals surface area contributed by atoms with Crippen LogP contribution in [-0.2, 0) is 0 Å². The van der Waals surface area contributed by atoms with E-state index in [9.17, 15) is 5.11 Å². The van der Waals surface area contributed by atoms with Crippen LogP contribution in [0.2, 0.25) is 0 Å². The SMILES string of the molecule is OCC1(NCC2COc3ccccc32)CC1. The lowest BCUT2D eigenvalue weighted by Crippen LogP contribution is -2.37. The molecule has 0 amide bonds. The summed E-state index contributed by atoms with van der Waals surface area (Å²) in [4.78, 5) is 0. The number of hydrogen-bond donors (Lipinski definition) is 2. The number of ether oxygens (including phenoxy) is 1. The lowest BCUT2D eigenvalue weighted by molar-refractivity contribution is 0.225. The lowest BCUT2D eigenvalue weighted by Gasteiger charge is -2.17. The summed E-state index contributed by atoms with van der Waals surface area (Å²) in [6.07, 6.45) is 2.19. The lowest BCUT2D eigenvalue weighted by atomic mass is 10.0. The van der Waals surface area contributed by atoms with Crippen LogP contribution in [0.1, 0.15) is 24.3 Å². The van der Waals surface area contributed by atoms with E-state index in [2.05, 4.69) is 17.4 Å². The molecule has 1 aliphatic heterocycles. The largest absolute Gasteiger partial charge is 0.493 e. The van der Waals surface area contributed by atoms with Crippen molar-refractivity contribution in [1.82, 2.24) is 5.32 Å². The van der Waals surface area contributed by atoms with E-state index in [0.717, 1.165) is 31.7 Å². The van der Waals surface area contributed by atoms with Gasteiger partial charge in [-0.2, -0.15) is 0 Å². The predicted octanol–water partition coefficient (Wildman–Crippen LogP) is 1.28. The van der Waals surface area contributed by atoms with E-state index >= 15 is 0 Å². The first-order valence-corrected chi connectivity index (χ1v) is 5.91. The van der Waals surface area contributed by atoms with Crippen molar-refractivity contribution >= 4 is 0 Å². The van der Waals surface area contributed by atoms with E-state index in [1.165, 1.54) is 5.56 Å². The molecule has 1 aromatic rings. The van der Waals surface area contributed by atoms with Crippen LogP contribution in [0.4, 0.5) is 0 Å². The van der Waals surface area contributed by atoms with Crippen molar-refractivity contribution in [1.29, 1.82) is 0 Å². The Hall–Kier alpha value is -1.06. The van der Waals surface area contributed by atoms with Crippen molar-refractivity contribution in [2.24, 2.45) is 0 Å². The van der Waals surface area contributed by atoms with Crippen molar-refractivity contribution in [3.05, 3.63) is 29.8 Å². The zero-order valence-corrected chi connectivity index (χ0v) is 9.28. The third kappa shape index (κ3) is 1.70. The Labute approximate surface area is 95.4 Å². The highest BCUT2D eigenvalue weighted by molar-refractivity contribution is 5.39. The zero-order valence-electron chi connectivity index (χ0n) is 9.28. The van der Waals surface area contributed by atoms with Gasteiger partial charge in [0.2, 0.25) is 0 Å². The molecule has 2 N–H and O–H groups in total. The van der Waals surface area contributed by atoms with Gasteiger partial charge in [-0.3, -0.25) is 0 Å². The van der Waals surface area contributed by atoms with Crippen molar-refractivity contribution in [2.45, 2.75) is 24.3 Å². The molecule has 0 saturated heterocycles. The monoisotopic (exact) mass is 219 g/mol. The minimum absolute atomic E-state index is 0.0253. The molecule has 0 aromatic heterocycles. The minimum Gasteiger partial charge on any atom is -0.493 e. The summed E-state index contributed by atoms with van der Waals surface area (Å²) in [7, 11) is 0. The molecule has 3 heteroatoms. The number of hydrogen-bond acceptors (Lipinski definition) is 3. The van der Waals surface area contributed by atoms with Crippen LogP contribution in [-0.4, -0.2) is 30.4 Å². The molecule has 2 aliphatic rings. The number of nitrogens with one attached hydrogen (secondary N) is 1. The Morgan fingerprint density at radius 2 is 2.19 bits per heavy atom. The first-order valence-electron chi connectivity index (χ1n) is 5.91. The molecule has 0 radical (unpaired) electrons. The van der Waals surface area contributed by atoms with Gasteiger partial charge in [-0.1, -0.05) is 18.2 Å². The Kier molecular flexibility index (Phi) is 2.37. The van der Waals surface area contributed by atoms with Crippen LogP contribution in [0.5, 0.6) is 5.75 Å². The van der Waals surface area contributed by atoms with Gasteiger partial charge in [0.1, 0.15) is 5.75 Å². The highest BCUT2D eigenvalue weighted by atomic mass is 16.5. The van der Waals surface area contributed by atoms with Gasteiger partial charge in [-0.15, -0.1) is 0 Å². The van der Waals surface area contributed by atoms with E-state index in [-0.39, 0.29) is 12.1 Å². The summed E-state index contributed by atoms with van der Waals surface area (Å²) in [5.41, 5.74) is 1.32. The maximum absolute atomic E-state index is 9.23. The number of rotatable bonds is 4. The van der Waals surface area contributed by atoms with Gasteiger partial charge in [-0.05, 0) is 18.9 Å². The van der Waals surface area contributed by atoms with Crippen LogP contribution >= 0.6 is 0 Å². The van der Waals surface area contributed by atoms with Crippen LogP contribution in [0.25, 0.3) is 0 Å². The van der Waals surface area contributed by atoms with E-state index in [4.69, 9.17) is 4.74 Å². The number of fused-ring (bicyclic) bond motifs is 1. The van der Waals surface area contributed by atoms with Crippen LogP contribution in [0.15, 0.2) is 24.3 Å². The van der Waals surface area contributed by atoms with E-state index in [0.29, 0.717) is 5.92 Å². The summed E-state index contributed by atoms with van der Waals surface area (Å²) in [6, 6.07) is 8.21. The van der Waals surface area contributed by atoms with Crippen LogP contribution in [0.3, 0.4) is 0 Å². The Morgan fingerprint density at radius 1 is 1.38 bits per heavy atom. The minimum atomic E-state index is 0.0253. The van der Waals surface area contributed by atoms with Crippen molar-refractivity contribution in [3.63, 3.8) is 0 Å². The summed E-state index contributed by atoms with van der Waals surface area (Å²) < 4.78 is 5.63. The smallest absolute Gasteiger partial charge is 0.122 e. The van der Waals surface area contributed by atoms with E-state index in [1.807, 2.05) is 12.1 Å². The molecule has 1 aliphatic carbocycles. The van der Waals surface area contributed by atoms with E-state index < -0.39 is 0 Å². The molecular weight excluding hydrogens is 202 g/mol. The highest BCUT2D eigenvalue weighted by Crippen LogP contribution is 2.37. The molecule has 0 bridgehead atoms. The molecule has 1 unspecified atom stereocenters. The third-order valence-corrected chi connectivity index (χ3v) is 3.68. The average molecular weight is 219 g/mol. The quantitative estimate of drug-likeness (QED) is 0.801. The molecule has 1 saturated carbocycles. The molecule has 1 atom stereocenters. The Morgan fingerprint density at radius 3 is 2.94 bits per heavy atom. The zero-order chi connectivity index (χ0) is 11.0. The Balaban J connectivity index is 1.65. The summed E-state index contributed by atoms with van der Waals surface area (Å²) in [5, 5.41) is 12.7. The first kappa shape index (κ1) is 10.1. The number of aliphatic hydroxyl groups excluding tert-OH is 1. The van der Waals surface area contributed by atoms with Gasteiger partial charge < -0.3 is 15.2 Å². The van der Waals surface area contributed by atoms with Gasteiger partial charge in [-0.25, -0.2) is 0 Å². The first-order chi connectivity index (χ1) is 7.83. The number of para-hydroxylation sites is 1. The van der Waals surface area contributed by atoms with Crippen molar-refractivity contribution in [2.75, 3.05) is 19.8 Å². The van der Waals surface area contributed by atoms with Gasteiger partial charge in [0.25, 0.3) is 0 Å². The summed E-state index contributed by atoms with van der Waals surface area (Å²) in [5.74, 6) is 1.45. The van der Waals surface area contributed by atoms with Crippen LogP contribution < -0.4 is 10.1 Å². The summed E-state index contributed by atoms with van der Waals surface area (Å²) >= 11 is 0. The average Bonchev–Trinajstić information content (AvgIpc) is 3.01. The molecule has 1 heterocycles. The fourth-order valence-electron chi connectivity index (χ4n) is 2.28. The maximum atomic E-state index is 9.23. The number of benzene rings is 1. The molecule has 1 aromatic carbocycles. The summed E-state index contributed by atoms with van der Waals surface area (Å²) in [6.45, 7) is 1.91. The second-order valence-corrected chi connectivity index (χ2v) is 4.87. The highest BCUT2D eigenvalue weighted by Gasteiger charge is 2.42. The molecule has 3 rings (SSSR count). The fourth-order valence-corrected chi connectivity index (χ4v) is 2.28. The molecule has 86 valence electrons. The normalized spacial score (nSPS) is 24.9. The standard InChI is InChI=1S/C13H17NO2/c15-9-13(5-6-13)14-7-10-8-16-12-4-2-1-3-11(10)12/h1-4,10,14-15H,5-9H2. The molecule has 0 spiro atoms. The number of aliphatic hydroxyl groups is 1. The van der Waals surface area contributed by atoms with Gasteiger partial charge >= 0.3 is 0 Å². The second-order valence-electron chi connectivity index (χ2n) is 4.87. The van der Waals surface area contributed by atoms with E-state index in [1.54, 1.807) is 0 Å². The van der Waals surface area contributed by atoms with Gasteiger partial charge in [0, 0.05) is 23.6 Å². The van der Waals surface area contributed by atoms with Gasteiger partial charge in [0.05, 0.1) is 13.2 Å².